The quantitative estimate of drug-likeness (QED) is 0.0802. The standard InChI is InChI=1S/C46H30N4.C43H26N6.C40H26N3OP/c1-3-10-31(11-4-1)33-17-22-36(23-18-33)49(37-24-19-34(20-25-37)32-12-5-2-6-13-32)38-26-28-42-40(30-38)44-39(27-21-35-14-9-29-47-45(35)44)46-48-41-15-7-8-16-43(41)50(42)46;1-3-10-29(11-4-1)40-46-41(30-12-5-2-6-13-30)48-42(47-40)31-19-17-27(18-20-31)32-22-24-36-34(26-32)38-33(23-21-28-14-9-25-44-39(28)38)43-45-35-15-7-8-16-37(35)49(36)43;44-45(30-11-3-1-4-12-30,31-13-5-2-6-14-31)32-21-17-27(18-22-32)29-20-24-36-34(26-29)38-33(23-19-28-10-9-25-41-39(28)38)40-42-35-15-7-8-16-37(35)43(36)40/h1-30H;1-26H;1-26H. The number of aromatic nitrogens is 12. The van der Waals surface area contributed by atoms with E-state index < -0.39 is 7.14 Å². The van der Waals surface area contributed by atoms with Crippen molar-refractivity contribution < 1.29 is 4.57 Å². The number of para-hydroxylation sites is 6. The monoisotopic (exact) mass is 1860 g/mol. The number of rotatable bonds is 13. The van der Waals surface area contributed by atoms with Gasteiger partial charge in [-0.25, -0.2) is 29.9 Å². The van der Waals surface area contributed by atoms with Crippen molar-refractivity contribution in [3.05, 3.63) is 498 Å². The van der Waals surface area contributed by atoms with Crippen molar-refractivity contribution in [1.29, 1.82) is 0 Å². The minimum absolute atomic E-state index is 0.635. The van der Waals surface area contributed by atoms with Crippen LogP contribution >= 0.6 is 7.14 Å². The van der Waals surface area contributed by atoms with Crippen LogP contribution in [0.15, 0.2) is 498 Å². The Hall–Kier alpha value is -19.1. The molecule has 0 unspecified atom stereocenters. The second kappa shape index (κ2) is 35.1. The lowest BCUT2D eigenvalue weighted by Crippen LogP contribution is -2.24. The van der Waals surface area contributed by atoms with E-state index in [0.29, 0.717) is 17.5 Å². The first-order valence-corrected chi connectivity index (χ1v) is 49.9. The Bertz CT molecular complexity index is 9980. The molecule has 0 saturated carbocycles. The van der Waals surface area contributed by atoms with Gasteiger partial charge >= 0.3 is 0 Å². The highest BCUT2D eigenvalue weighted by Crippen LogP contribution is 2.48. The lowest BCUT2D eigenvalue weighted by atomic mass is 9.97. The molecule has 0 N–H and O–H groups in total. The number of pyridine rings is 6. The smallest absolute Gasteiger partial charge is 0.171 e. The van der Waals surface area contributed by atoms with Crippen molar-refractivity contribution in [3.63, 3.8) is 0 Å². The van der Waals surface area contributed by atoms with Crippen LogP contribution in [-0.2, 0) is 4.57 Å². The molecule has 19 aromatic carbocycles. The Labute approximate surface area is 826 Å². The largest absolute Gasteiger partial charge is 0.310 e. The van der Waals surface area contributed by atoms with Crippen molar-refractivity contribution in [2.75, 3.05) is 4.90 Å². The predicted molar refractivity (Wildman–Crippen MR) is 595 cm³/mol. The molecule has 29 rings (SSSR count). The molecule has 0 amide bonds. The van der Waals surface area contributed by atoms with E-state index in [1.165, 1.54) is 22.3 Å². The maximum atomic E-state index is 14.9. The molecule has 0 saturated heterocycles. The summed E-state index contributed by atoms with van der Waals surface area (Å²) in [4.78, 5) is 47.0. The fourth-order valence-electron chi connectivity index (χ4n) is 21.1. The summed E-state index contributed by atoms with van der Waals surface area (Å²) >= 11 is 0. The molecule has 14 nitrogen and oxygen atoms in total. The van der Waals surface area contributed by atoms with Crippen LogP contribution in [0.5, 0.6) is 0 Å². The summed E-state index contributed by atoms with van der Waals surface area (Å²) in [7, 11) is -3.05. The molecule has 0 spiro atoms. The molecule has 0 bridgehead atoms. The molecule has 0 fully saturated rings. The van der Waals surface area contributed by atoms with Gasteiger partial charge < -0.3 is 9.46 Å². The predicted octanol–water partition coefficient (Wildman–Crippen LogP) is 31.0. The lowest BCUT2D eigenvalue weighted by Gasteiger charge is -2.26. The summed E-state index contributed by atoms with van der Waals surface area (Å²) in [5, 5.41) is 15.7. The normalized spacial score (nSPS) is 11.8. The van der Waals surface area contributed by atoms with Gasteiger partial charge in [-0.15, -0.1) is 0 Å². The third-order valence-electron chi connectivity index (χ3n) is 27.9. The molecule has 144 heavy (non-hydrogen) atoms. The van der Waals surface area contributed by atoms with Crippen LogP contribution in [-0.4, -0.2) is 58.1 Å². The lowest BCUT2D eigenvalue weighted by molar-refractivity contribution is 0.592. The summed E-state index contributed by atoms with van der Waals surface area (Å²) in [5.74, 6) is 1.93. The average Bonchev–Trinajstić information content (AvgIpc) is 1.51. The van der Waals surface area contributed by atoms with E-state index in [1.54, 1.807) is 0 Å². The maximum Gasteiger partial charge on any atom is 0.171 e. The summed E-state index contributed by atoms with van der Waals surface area (Å²) < 4.78 is 21.8. The van der Waals surface area contributed by atoms with Crippen LogP contribution in [0.1, 0.15) is 0 Å². The van der Waals surface area contributed by atoms with Gasteiger partial charge in [0.05, 0.1) is 66.2 Å². The van der Waals surface area contributed by atoms with E-state index in [4.69, 9.17) is 44.9 Å². The second-order valence-corrected chi connectivity index (χ2v) is 39.0. The molecule has 0 aliphatic rings. The summed E-state index contributed by atoms with van der Waals surface area (Å²) in [6.07, 6.45) is 5.62. The topological polar surface area (TPSA) is 150 Å². The highest BCUT2D eigenvalue weighted by Gasteiger charge is 2.31. The second-order valence-electron chi connectivity index (χ2n) is 36.2. The maximum absolute atomic E-state index is 14.9. The van der Waals surface area contributed by atoms with Crippen molar-refractivity contribution in [2.24, 2.45) is 0 Å². The zero-order valence-corrected chi connectivity index (χ0v) is 78.4. The van der Waals surface area contributed by atoms with Gasteiger partial charge in [0, 0.05) is 133 Å². The van der Waals surface area contributed by atoms with E-state index in [-0.39, 0.29) is 0 Å². The van der Waals surface area contributed by atoms with E-state index in [1.807, 2.05) is 182 Å². The molecule has 674 valence electrons. The van der Waals surface area contributed by atoms with E-state index in [2.05, 4.69) is 334 Å². The van der Waals surface area contributed by atoms with Gasteiger partial charge in [0.25, 0.3) is 0 Å². The first-order valence-electron chi connectivity index (χ1n) is 48.2. The Balaban J connectivity index is 0.000000108. The molecule has 0 radical (unpaired) electrons. The van der Waals surface area contributed by atoms with Crippen LogP contribution in [0.4, 0.5) is 17.1 Å². The van der Waals surface area contributed by atoms with E-state index in [9.17, 15) is 4.57 Å². The Morgan fingerprint density at radius 1 is 0.194 bits per heavy atom. The third kappa shape index (κ3) is 14.5. The molecule has 0 aliphatic carbocycles. The summed E-state index contributed by atoms with van der Waals surface area (Å²) in [6.45, 7) is 0. The summed E-state index contributed by atoms with van der Waals surface area (Å²) in [6, 6.07) is 166. The van der Waals surface area contributed by atoms with Crippen LogP contribution in [0, 0.1) is 0 Å². The van der Waals surface area contributed by atoms with E-state index in [0.717, 1.165) is 220 Å². The third-order valence-corrected chi connectivity index (χ3v) is 31.0. The molecular weight excluding hydrogens is 1780 g/mol. The fourth-order valence-corrected chi connectivity index (χ4v) is 23.7. The zero-order valence-electron chi connectivity index (χ0n) is 77.5. The first kappa shape index (κ1) is 84.2. The number of anilines is 3. The van der Waals surface area contributed by atoms with Crippen molar-refractivity contribution in [2.45, 2.75) is 0 Å². The fraction of sp³-hybridized carbons (Fsp3) is 0. The van der Waals surface area contributed by atoms with Gasteiger partial charge in [-0.1, -0.05) is 340 Å². The number of hydrogen-bond acceptors (Lipinski definition) is 11. The van der Waals surface area contributed by atoms with Crippen molar-refractivity contribution in [3.8, 4) is 78.7 Å². The SMILES string of the molecule is O=P(c1ccccc1)(c1ccccc1)c1ccc(-c2ccc3c(c2)c2c(ccc4cccnc42)c2nc4ccccc4n32)cc1.c1ccc(-c2ccc(N(c3ccc(-c4ccccc4)cc3)c3ccc4c(c3)c3c(ccc5cccnc53)c3nc5ccccc5n43)cc2)cc1.c1ccc(-c2nc(-c3ccccc3)nc(-c3ccc(-c4ccc5c(c4)c4c(ccc6cccnc64)c4nc6ccccc6n54)cc3)n2)cc1. The Kier molecular flexibility index (Phi) is 20.5. The number of nitrogens with zero attached hydrogens (tertiary/aromatic N) is 13. The number of fused-ring (bicyclic) bond motifs is 30. The van der Waals surface area contributed by atoms with Crippen LogP contribution in [0.3, 0.4) is 0 Å². The molecular formula is C129H82N13OP. The van der Waals surface area contributed by atoms with Crippen LogP contribution in [0.25, 0.3) is 226 Å². The molecule has 10 heterocycles. The average molecular weight is 1860 g/mol. The number of benzene rings is 19. The van der Waals surface area contributed by atoms with Gasteiger partial charge in [-0.05, 0) is 184 Å². The van der Waals surface area contributed by atoms with Crippen LogP contribution < -0.4 is 20.8 Å². The molecule has 0 atom stereocenters. The van der Waals surface area contributed by atoms with Gasteiger partial charge in [0.1, 0.15) is 16.9 Å². The van der Waals surface area contributed by atoms with Crippen molar-refractivity contribution >= 4 is 188 Å². The molecule has 15 heteroatoms. The van der Waals surface area contributed by atoms with E-state index >= 15 is 0 Å². The van der Waals surface area contributed by atoms with Gasteiger partial charge in [-0.3, -0.25) is 28.2 Å². The minimum Gasteiger partial charge on any atom is -0.310 e. The highest BCUT2D eigenvalue weighted by atomic mass is 31.2. The van der Waals surface area contributed by atoms with Crippen molar-refractivity contribution in [1.82, 2.24) is 58.1 Å². The Morgan fingerprint density at radius 3 is 0.840 bits per heavy atom. The first-order chi connectivity index (χ1) is 71.3. The molecule has 10 aromatic heterocycles. The number of hydrogen-bond donors (Lipinski definition) is 0. The Morgan fingerprint density at radius 2 is 0.465 bits per heavy atom. The van der Waals surface area contributed by atoms with Gasteiger partial charge in [0.2, 0.25) is 0 Å². The summed E-state index contributed by atoms with van der Waals surface area (Å²) in [5.41, 5.74) is 30.4. The molecule has 0 aliphatic heterocycles. The number of imidazole rings is 3. The molecule has 29 aromatic rings. The zero-order chi connectivity index (χ0) is 95.3. The van der Waals surface area contributed by atoms with Gasteiger partial charge in [-0.2, -0.15) is 0 Å². The highest BCUT2D eigenvalue weighted by molar-refractivity contribution is 7.85. The van der Waals surface area contributed by atoms with Gasteiger partial charge in [0.15, 0.2) is 24.6 Å². The minimum atomic E-state index is -3.05. The van der Waals surface area contributed by atoms with Crippen LogP contribution in [0.2, 0.25) is 0 Å².